The molecule has 12 nitrogen and oxygen atoms in total. The Morgan fingerprint density at radius 3 is 1.52 bits per heavy atom. The molecule has 4 aromatic carbocycles. The van der Waals surface area contributed by atoms with Crippen molar-refractivity contribution in [1.29, 1.82) is 0 Å². The second-order valence-electron chi connectivity index (χ2n) is 17.9. The number of phenolic OH excluding ortho intramolecular Hbond substituents is 1. The molecule has 71 heavy (non-hydrogen) atoms. The summed E-state index contributed by atoms with van der Waals surface area (Å²) >= 11 is 0. The van der Waals surface area contributed by atoms with Crippen LogP contribution < -0.4 is 13.9 Å². The maximum atomic E-state index is 14.8. The minimum absolute atomic E-state index is 0.0221. The fourth-order valence-electron chi connectivity index (χ4n) is 8.04. The van der Waals surface area contributed by atoms with Crippen molar-refractivity contribution in [2.45, 2.75) is 65.8 Å². The molecule has 4 aromatic heterocycles. The predicted molar refractivity (Wildman–Crippen MR) is 266 cm³/mol. The first-order valence-corrected chi connectivity index (χ1v) is 25.6. The standard InChI is InChI=1S/C30H34F2N2O4Si.C24H20F2N2O4/c1-8-37-29(35)27-26(22-10-9-15-33-28(22)36-5)23-17-21(38-39(6,7)30(2,3)4)12-14-25(23)34(27)18-19-16-20(31)11-13-24(19)32;1-3-32-24(30)22-21(17-5-4-10-27-23(17)31-2)18-12-16(29)7-9-20(18)28(22)13-14-11-15(25)6-8-19(14)26/h9-17H,8,18H2,1-7H3;4-12,29H,3,13H2,1-2H3. The van der Waals surface area contributed by atoms with E-state index in [1.165, 1.54) is 26.4 Å². The van der Waals surface area contributed by atoms with Crippen LogP contribution in [0.3, 0.4) is 0 Å². The topological polar surface area (TPSA) is 136 Å². The van der Waals surface area contributed by atoms with E-state index in [0.717, 1.165) is 36.4 Å². The van der Waals surface area contributed by atoms with Gasteiger partial charge >= 0.3 is 11.9 Å². The van der Waals surface area contributed by atoms with Crippen molar-refractivity contribution in [2.24, 2.45) is 0 Å². The molecule has 0 aliphatic heterocycles. The van der Waals surface area contributed by atoms with Gasteiger partial charge in [0.25, 0.3) is 0 Å². The Bertz CT molecular complexity index is 3270. The second-order valence-corrected chi connectivity index (χ2v) is 22.6. The number of carbonyl (C=O) groups excluding carboxylic acids is 2. The third kappa shape index (κ3) is 10.6. The highest BCUT2D eigenvalue weighted by molar-refractivity contribution is 6.74. The zero-order chi connectivity index (χ0) is 51.4. The van der Waals surface area contributed by atoms with E-state index in [0.29, 0.717) is 55.7 Å². The third-order valence-electron chi connectivity index (χ3n) is 12.3. The molecule has 8 rings (SSSR count). The Kier molecular flexibility index (Phi) is 15.2. The number of hydrogen-bond acceptors (Lipinski definition) is 10. The van der Waals surface area contributed by atoms with Crippen LogP contribution in [0.15, 0.2) is 109 Å². The lowest BCUT2D eigenvalue weighted by Crippen LogP contribution is -2.43. The number of phenols is 1. The SMILES string of the molecule is CCOC(=O)c1c(-c2cccnc2OC)c2cc(O)ccc2n1Cc1cc(F)ccc1F.CCOC(=O)c1c(-c2cccnc2OC)c2cc(O[Si](C)(C)C(C)(C)C)ccc2n1Cc1cc(F)ccc1F. The highest BCUT2D eigenvalue weighted by Crippen LogP contribution is 2.44. The van der Waals surface area contributed by atoms with Crippen LogP contribution in [0.1, 0.15) is 66.7 Å². The number of benzene rings is 4. The van der Waals surface area contributed by atoms with E-state index in [9.17, 15) is 32.3 Å². The van der Waals surface area contributed by atoms with Gasteiger partial charge in [0.05, 0.1) is 40.5 Å². The molecule has 0 saturated heterocycles. The molecule has 0 spiro atoms. The number of nitrogens with zero attached hydrogens (tertiary/aromatic N) is 4. The first kappa shape index (κ1) is 51.2. The molecular formula is C54H54F4N4O8Si. The number of methoxy groups -OCH3 is 2. The highest BCUT2D eigenvalue weighted by Gasteiger charge is 2.39. The van der Waals surface area contributed by atoms with E-state index in [1.807, 2.05) is 18.2 Å². The van der Waals surface area contributed by atoms with Crippen LogP contribution in [0.25, 0.3) is 44.1 Å². The predicted octanol–water partition coefficient (Wildman–Crippen LogP) is 12.5. The molecule has 370 valence electrons. The Morgan fingerprint density at radius 2 is 1.08 bits per heavy atom. The summed E-state index contributed by atoms with van der Waals surface area (Å²) in [5.74, 6) is -2.39. The van der Waals surface area contributed by atoms with E-state index >= 15 is 0 Å². The lowest BCUT2D eigenvalue weighted by Gasteiger charge is -2.36. The number of aromatic hydroxyl groups is 1. The van der Waals surface area contributed by atoms with Crippen molar-refractivity contribution >= 4 is 42.1 Å². The Morgan fingerprint density at radius 1 is 0.634 bits per heavy atom. The molecule has 0 radical (unpaired) electrons. The minimum Gasteiger partial charge on any atom is -0.543 e. The number of esters is 2. The van der Waals surface area contributed by atoms with E-state index in [4.69, 9.17) is 23.4 Å². The molecule has 0 amide bonds. The van der Waals surface area contributed by atoms with Crippen molar-refractivity contribution in [3.8, 4) is 45.5 Å². The van der Waals surface area contributed by atoms with Crippen molar-refractivity contribution in [1.82, 2.24) is 19.1 Å². The zero-order valence-electron chi connectivity index (χ0n) is 40.8. The van der Waals surface area contributed by atoms with Crippen LogP contribution in [0.2, 0.25) is 18.1 Å². The van der Waals surface area contributed by atoms with Gasteiger partial charge in [-0.2, -0.15) is 0 Å². The quantitative estimate of drug-likeness (QED) is 0.0637. The van der Waals surface area contributed by atoms with Crippen molar-refractivity contribution in [3.63, 3.8) is 0 Å². The van der Waals surface area contributed by atoms with Crippen molar-refractivity contribution in [2.75, 3.05) is 27.4 Å². The molecule has 0 unspecified atom stereocenters. The molecule has 17 heteroatoms. The van der Waals surface area contributed by atoms with Crippen LogP contribution in [0, 0.1) is 23.3 Å². The number of halogens is 4. The molecule has 1 N–H and O–H groups in total. The molecule has 8 aromatic rings. The lowest BCUT2D eigenvalue weighted by atomic mass is 10.0. The summed E-state index contributed by atoms with van der Waals surface area (Å²) < 4.78 is 88.8. The third-order valence-corrected chi connectivity index (χ3v) is 16.7. The number of carbonyl (C=O) groups is 2. The molecule has 0 aliphatic carbocycles. The second kappa shape index (κ2) is 21.1. The lowest BCUT2D eigenvalue weighted by molar-refractivity contribution is 0.0506. The van der Waals surface area contributed by atoms with Gasteiger partial charge in [-0.25, -0.2) is 37.1 Å². The Hall–Kier alpha value is -7.66. The zero-order valence-corrected chi connectivity index (χ0v) is 41.8. The minimum atomic E-state index is -2.19. The number of fused-ring (bicyclic) bond motifs is 2. The van der Waals surface area contributed by atoms with E-state index in [1.54, 1.807) is 65.7 Å². The van der Waals surface area contributed by atoms with Crippen molar-refractivity contribution in [3.05, 3.63) is 155 Å². The van der Waals surface area contributed by atoms with Crippen LogP contribution in [0.5, 0.6) is 23.3 Å². The number of aromatic nitrogens is 4. The van der Waals surface area contributed by atoms with E-state index in [-0.39, 0.29) is 65.5 Å². The van der Waals surface area contributed by atoms with Gasteiger partial charge in [0, 0.05) is 67.6 Å². The van der Waals surface area contributed by atoms with Gasteiger partial charge < -0.3 is 37.6 Å². The van der Waals surface area contributed by atoms with Gasteiger partial charge in [-0.1, -0.05) is 20.8 Å². The summed E-state index contributed by atoms with van der Waals surface area (Å²) in [5, 5.41) is 11.3. The average molecular weight is 991 g/mol. The van der Waals surface area contributed by atoms with Gasteiger partial charge in [-0.3, -0.25) is 0 Å². The van der Waals surface area contributed by atoms with E-state index < -0.39 is 43.5 Å². The van der Waals surface area contributed by atoms with Gasteiger partial charge in [-0.15, -0.1) is 0 Å². The first-order chi connectivity index (χ1) is 33.8. The molecule has 0 atom stereocenters. The van der Waals surface area contributed by atoms with Crippen LogP contribution in [0.4, 0.5) is 17.6 Å². The largest absolute Gasteiger partial charge is 0.543 e. The van der Waals surface area contributed by atoms with Gasteiger partial charge in [0.1, 0.15) is 46.2 Å². The van der Waals surface area contributed by atoms with Crippen LogP contribution in [-0.4, -0.2) is 71.9 Å². The van der Waals surface area contributed by atoms with Crippen molar-refractivity contribution < 1.29 is 55.6 Å². The Balaban J connectivity index is 0.000000213. The van der Waals surface area contributed by atoms with E-state index in [2.05, 4.69) is 43.8 Å². The Labute approximate surface area is 409 Å². The number of ether oxygens (including phenoxy) is 4. The molecule has 0 saturated carbocycles. The number of rotatable bonds is 14. The van der Waals surface area contributed by atoms with Gasteiger partial charge in [-0.05, 0) is 129 Å². The molecule has 0 aliphatic rings. The fourth-order valence-corrected chi connectivity index (χ4v) is 9.06. The number of pyridine rings is 2. The summed E-state index contributed by atoms with van der Waals surface area (Å²) in [5.41, 5.74) is 3.61. The summed E-state index contributed by atoms with van der Waals surface area (Å²) in [7, 11) is 0.766. The molecule has 0 bridgehead atoms. The summed E-state index contributed by atoms with van der Waals surface area (Å²) in [4.78, 5) is 35.2. The summed E-state index contributed by atoms with van der Waals surface area (Å²) in [6.45, 7) is 14.2. The normalized spacial score (nSPS) is 11.6. The average Bonchev–Trinajstić information content (AvgIpc) is 3.82. The molecular weight excluding hydrogens is 937 g/mol. The first-order valence-electron chi connectivity index (χ1n) is 22.7. The molecule has 4 heterocycles. The van der Waals surface area contributed by atoms with Gasteiger partial charge in [0.2, 0.25) is 20.1 Å². The van der Waals surface area contributed by atoms with Crippen LogP contribution >= 0.6 is 0 Å². The summed E-state index contributed by atoms with van der Waals surface area (Å²) in [6.07, 6.45) is 3.14. The molecule has 0 fully saturated rings. The van der Waals surface area contributed by atoms with Crippen LogP contribution in [-0.2, 0) is 22.6 Å². The summed E-state index contributed by atoms with van der Waals surface area (Å²) in [6, 6.07) is 23.5. The smallest absolute Gasteiger partial charge is 0.355 e. The van der Waals surface area contributed by atoms with Gasteiger partial charge in [0.15, 0.2) is 0 Å². The monoisotopic (exact) mass is 990 g/mol. The number of hydrogen-bond donors (Lipinski definition) is 1. The fraction of sp³-hybridized carbons (Fsp3) is 0.259. The highest BCUT2D eigenvalue weighted by atomic mass is 28.4. The maximum absolute atomic E-state index is 14.8. The maximum Gasteiger partial charge on any atom is 0.355 e.